The van der Waals surface area contributed by atoms with Crippen molar-refractivity contribution in [1.29, 1.82) is 0 Å². The predicted octanol–water partition coefficient (Wildman–Crippen LogP) is 4.38. The smallest absolute Gasteiger partial charge is 0.264 e. The largest absolute Gasteiger partial charge is 0.497 e. The van der Waals surface area contributed by atoms with Crippen LogP contribution in [0.5, 0.6) is 5.75 Å². The number of benzene rings is 3. The molecule has 0 heterocycles. The number of nitrogens with zero attached hydrogens (tertiary/aromatic N) is 1. The van der Waals surface area contributed by atoms with Crippen LogP contribution in [-0.4, -0.2) is 28.0 Å². The molecule has 1 amide bonds. The Kier molecular flexibility index (Phi) is 7.20. The number of sulfonamides is 1. The average Bonchev–Trinajstić information content (AvgIpc) is 2.79. The molecule has 1 N–H and O–H groups in total. The SMILES string of the molecule is COc1ccc([C@H](C)NC(=O)CN(c2cc(C)ccc2C)S(=O)(=O)c2ccccc2)cc1. The van der Waals surface area contributed by atoms with E-state index in [2.05, 4.69) is 5.32 Å². The van der Waals surface area contributed by atoms with E-state index in [1.54, 1.807) is 31.4 Å². The lowest BCUT2D eigenvalue weighted by Crippen LogP contribution is -2.42. The molecule has 0 fully saturated rings. The molecule has 0 radical (unpaired) electrons. The van der Waals surface area contributed by atoms with Gasteiger partial charge < -0.3 is 10.1 Å². The van der Waals surface area contributed by atoms with E-state index in [0.717, 1.165) is 22.4 Å². The van der Waals surface area contributed by atoms with Crippen LogP contribution in [0.2, 0.25) is 0 Å². The summed E-state index contributed by atoms with van der Waals surface area (Å²) in [6.07, 6.45) is 0. The highest BCUT2D eigenvalue weighted by Gasteiger charge is 2.28. The number of aryl methyl sites for hydroxylation is 2. The quantitative estimate of drug-likeness (QED) is 0.550. The summed E-state index contributed by atoms with van der Waals surface area (Å²) >= 11 is 0. The van der Waals surface area contributed by atoms with Gasteiger partial charge in [0.25, 0.3) is 10.0 Å². The number of hydrogen-bond donors (Lipinski definition) is 1. The van der Waals surface area contributed by atoms with E-state index in [1.807, 2.05) is 57.2 Å². The van der Waals surface area contributed by atoms with Gasteiger partial charge >= 0.3 is 0 Å². The Balaban J connectivity index is 1.90. The molecule has 3 aromatic carbocycles. The van der Waals surface area contributed by atoms with Gasteiger partial charge in [-0.3, -0.25) is 9.10 Å². The number of rotatable bonds is 8. The Hall–Kier alpha value is -3.32. The highest BCUT2D eigenvalue weighted by molar-refractivity contribution is 7.92. The first kappa shape index (κ1) is 23.3. The van der Waals surface area contributed by atoms with Gasteiger partial charge in [-0.05, 0) is 67.8 Å². The van der Waals surface area contributed by atoms with Crippen LogP contribution in [-0.2, 0) is 14.8 Å². The maximum atomic E-state index is 13.5. The van der Waals surface area contributed by atoms with Crippen molar-refractivity contribution in [1.82, 2.24) is 5.32 Å². The molecule has 0 aliphatic rings. The maximum absolute atomic E-state index is 13.5. The van der Waals surface area contributed by atoms with E-state index < -0.39 is 15.9 Å². The normalized spacial score (nSPS) is 12.1. The molecule has 0 unspecified atom stereocenters. The molecule has 7 heteroatoms. The molecule has 0 spiro atoms. The van der Waals surface area contributed by atoms with E-state index >= 15 is 0 Å². The summed E-state index contributed by atoms with van der Waals surface area (Å²) in [6, 6.07) is 20.8. The number of carbonyl (C=O) groups is 1. The lowest BCUT2D eigenvalue weighted by atomic mass is 10.1. The molecule has 0 aliphatic heterocycles. The molecule has 0 aliphatic carbocycles. The summed E-state index contributed by atoms with van der Waals surface area (Å²) in [5.41, 5.74) is 3.06. The molecule has 0 aromatic heterocycles. The van der Waals surface area contributed by atoms with Crippen LogP contribution in [0.4, 0.5) is 5.69 Å². The molecule has 0 bridgehead atoms. The van der Waals surface area contributed by atoms with Crippen LogP contribution < -0.4 is 14.4 Å². The number of hydrogen-bond acceptors (Lipinski definition) is 4. The van der Waals surface area contributed by atoms with Crippen molar-refractivity contribution in [3.05, 3.63) is 89.5 Å². The Morgan fingerprint density at radius 2 is 1.66 bits per heavy atom. The standard InChI is InChI=1S/C25H28N2O4S/c1-18-10-11-19(2)24(16-18)27(32(29,30)23-8-6-5-7-9-23)17-25(28)26-20(3)21-12-14-22(31-4)15-13-21/h5-16,20H,17H2,1-4H3,(H,26,28)/t20-/m0/s1. The second-order valence-electron chi connectivity index (χ2n) is 7.68. The maximum Gasteiger partial charge on any atom is 0.264 e. The minimum absolute atomic E-state index is 0.136. The van der Waals surface area contributed by atoms with Crippen LogP contribution >= 0.6 is 0 Å². The summed E-state index contributed by atoms with van der Waals surface area (Å²) in [7, 11) is -2.35. The minimum Gasteiger partial charge on any atom is -0.497 e. The number of carbonyl (C=O) groups excluding carboxylic acids is 1. The second-order valence-corrected chi connectivity index (χ2v) is 9.54. The van der Waals surface area contributed by atoms with Crippen LogP contribution in [0.3, 0.4) is 0 Å². The van der Waals surface area contributed by atoms with Gasteiger partial charge in [-0.25, -0.2) is 8.42 Å². The van der Waals surface area contributed by atoms with Gasteiger partial charge in [0.2, 0.25) is 5.91 Å². The molecule has 3 aromatic rings. The number of ether oxygens (including phenoxy) is 1. The van der Waals surface area contributed by atoms with Crippen molar-refractivity contribution in [3.8, 4) is 5.75 Å². The first-order valence-electron chi connectivity index (χ1n) is 10.3. The monoisotopic (exact) mass is 452 g/mol. The van der Waals surface area contributed by atoms with Crippen LogP contribution in [0.25, 0.3) is 0 Å². The predicted molar refractivity (Wildman–Crippen MR) is 126 cm³/mol. The van der Waals surface area contributed by atoms with Crippen molar-refractivity contribution >= 4 is 21.6 Å². The van der Waals surface area contributed by atoms with Gasteiger partial charge in [0.1, 0.15) is 12.3 Å². The van der Waals surface area contributed by atoms with Gasteiger partial charge in [0.05, 0.1) is 23.7 Å². The Morgan fingerprint density at radius 3 is 2.28 bits per heavy atom. The van der Waals surface area contributed by atoms with E-state index in [4.69, 9.17) is 4.74 Å². The highest BCUT2D eigenvalue weighted by atomic mass is 32.2. The van der Waals surface area contributed by atoms with Crippen molar-refractivity contribution in [3.63, 3.8) is 0 Å². The third-order valence-electron chi connectivity index (χ3n) is 5.25. The summed E-state index contributed by atoms with van der Waals surface area (Å²) in [5, 5.41) is 2.91. The van der Waals surface area contributed by atoms with Gasteiger partial charge in [-0.1, -0.05) is 42.5 Å². The van der Waals surface area contributed by atoms with Crippen molar-refractivity contribution in [2.24, 2.45) is 0 Å². The van der Waals surface area contributed by atoms with Gasteiger partial charge in [0, 0.05) is 0 Å². The van der Waals surface area contributed by atoms with Crippen LogP contribution in [0.1, 0.15) is 29.7 Å². The molecule has 1 atom stereocenters. The number of amides is 1. The fourth-order valence-electron chi connectivity index (χ4n) is 3.40. The summed E-state index contributed by atoms with van der Waals surface area (Å²) in [6.45, 7) is 5.25. The van der Waals surface area contributed by atoms with Crippen LogP contribution in [0.15, 0.2) is 77.7 Å². The van der Waals surface area contributed by atoms with E-state index in [-0.39, 0.29) is 17.5 Å². The van der Waals surface area contributed by atoms with E-state index in [0.29, 0.717) is 5.69 Å². The van der Waals surface area contributed by atoms with E-state index in [9.17, 15) is 13.2 Å². The molecule has 168 valence electrons. The molecular formula is C25H28N2O4S. The first-order chi connectivity index (χ1) is 15.2. The number of anilines is 1. The molecule has 3 rings (SSSR count). The molecule has 32 heavy (non-hydrogen) atoms. The molecule has 0 saturated carbocycles. The lowest BCUT2D eigenvalue weighted by molar-refractivity contribution is -0.120. The van der Waals surface area contributed by atoms with E-state index in [1.165, 1.54) is 16.4 Å². The van der Waals surface area contributed by atoms with Crippen molar-refractivity contribution in [2.45, 2.75) is 31.7 Å². The first-order valence-corrected chi connectivity index (χ1v) is 11.7. The summed E-state index contributed by atoms with van der Waals surface area (Å²) < 4.78 is 33.3. The van der Waals surface area contributed by atoms with Gasteiger partial charge in [0.15, 0.2) is 0 Å². The second kappa shape index (κ2) is 9.87. The molecule has 6 nitrogen and oxygen atoms in total. The fourth-order valence-corrected chi connectivity index (χ4v) is 4.90. The minimum atomic E-state index is -3.94. The molecular weight excluding hydrogens is 424 g/mol. The van der Waals surface area contributed by atoms with Crippen molar-refractivity contribution in [2.75, 3.05) is 18.0 Å². The topological polar surface area (TPSA) is 75.7 Å². The molecule has 0 saturated heterocycles. The van der Waals surface area contributed by atoms with Crippen LogP contribution in [0, 0.1) is 13.8 Å². The summed E-state index contributed by atoms with van der Waals surface area (Å²) in [5.74, 6) is 0.330. The summed E-state index contributed by atoms with van der Waals surface area (Å²) in [4.78, 5) is 13.1. The third kappa shape index (κ3) is 5.29. The zero-order valence-electron chi connectivity index (χ0n) is 18.7. The zero-order chi connectivity index (χ0) is 23.3. The Bertz CT molecular complexity index is 1180. The van der Waals surface area contributed by atoms with Crippen molar-refractivity contribution < 1.29 is 17.9 Å². The zero-order valence-corrected chi connectivity index (χ0v) is 19.5. The van der Waals surface area contributed by atoms with Gasteiger partial charge in [-0.15, -0.1) is 0 Å². The average molecular weight is 453 g/mol. The lowest BCUT2D eigenvalue weighted by Gasteiger charge is -2.27. The third-order valence-corrected chi connectivity index (χ3v) is 7.02. The Labute approximate surface area is 189 Å². The van der Waals surface area contributed by atoms with Gasteiger partial charge in [-0.2, -0.15) is 0 Å². The Morgan fingerprint density at radius 1 is 1.00 bits per heavy atom. The fraction of sp³-hybridized carbons (Fsp3) is 0.240. The highest BCUT2D eigenvalue weighted by Crippen LogP contribution is 2.28. The number of methoxy groups -OCH3 is 1. The number of nitrogens with one attached hydrogen (secondary N) is 1.